The lowest BCUT2D eigenvalue weighted by molar-refractivity contribution is -0.383. The first-order chi connectivity index (χ1) is 11.1. The predicted octanol–water partition coefficient (Wildman–Crippen LogP) is 3.34. The van der Waals surface area contributed by atoms with Gasteiger partial charge in [-0.05, 0) is 24.6 Å². The Hall–Kier alpha value is -2.26. The topological polar surface area (TPSA) is 102 Å². The fraction of sp³-hybridized carbons (Fsp3) is 0.286. The van der Waals surface area contributed by atoms with Gasteiger partial charge in [0.15, 0.2) is 0 Å². The number of hydrogen-bond acceptors (Lipinski definition) is 7. The van der Waals surface area contributed by atoms with E-state index in [0.29, 0.717) is 25.3 Å². The number of nitro groups is 1. The lowest BCUT2D eigenvalue weighted by Gasteiger charge is -2.10. The van der Waals surface area contributed by atoms with Crippen LogP contribution in [0.4, 0.5) is 23.0 Å². The Balaban J connectivity index is 2.23. The second-order valence-electron chi connectivity index (χ2n) is 4.59. The molecule has 0 radical (unpaired) electrons. The molecule has 23 heavy (non-hydrogen) atoms. The van der Waals surface area contributed by atoms with Crippen molar-refractivity contribution in [3.63, 3.8) is 0 Å². The van der Waals surface area contributed by atoms with E-state index in [2.05, 4.69) is 36.5 Å². The average Bonchev–Trinajstić information content (AvgIpc) is 2.51. The molecule has 0 aliphatic heterocycles. The molecule has 0 fully saturated rings. The highest BCUT2D eigenvalue weighted by Crippen LogP contribution is 2.31. The van der Waals surface area contributed by atoms with Gasteiger partial charge in [0.05, 0.1) is 4.92 Å². The van der Waals surface area contributed by atoms with Gasteiger partial charge in [0.1, 0.15) is 6.33 Å². The number of anilines is 3. The van der Waals surface area contributed by atoms with Crippen molar-refractivity contribution < 1.29 is 9.66 Å². The Kier molecular flexibility index (Phi) is 6.24. The van der Waals surface area contributed by atoms with Crippen LogP contribution in [0.25, 0.3) is 0 Å². The van der Waals surface area contributed by atoms with Crippen molar-refractivity contribution >= 4 is 38.9 Å². The first-order valence-corrected chi connectivity index (χ1v) is 7.66. The van der Waals surface area contributed by atoms with Crippen LogP contribution in [0.5, 0.6) is 0 Å². The number of methoxy groups -OCH3 is 1. The summed E-state index contributed by atoms with van der Waals surface area (Å²) < 4.78 is 5.81. The molecule has 0 saturated carbocycles. The molecule has 1 aromatic heterocycles. The molecular weight excluding hydrogens is 366 g/mol. The van der Waals surface area contributed by atoms with Crippen molar-refractivity contribution in [1.29, 1.82) is 0 Å². The second kappa shape index (κ2) is 8.39. The predicted molar refractivity (Wildman–Crippen MR) is 91.1 cm³/mol. The lowest BCUT2D eigenvalue weighted by Crippen LogP contribution is -2.10. The van der Waals surface area contributed by atoms with Crippen LogP contribution >= 0.6 is 15.9 Å². The van der Waals surface area contributed by atoms with Crippen molar-refractivity contribution in [1.82, 2.24) is 9.97 Å². The summed E-state index contributed by atoms with van der Waals surface area (Å²) in [6, 6.07) is 7.28. The summed E-state index contributed by atoms with van der Waals surface area (Å²) in [5.41, 5.74) is 0.497. The molecule has 2 N–H and O–H groups in total. The van der Waals surface area contributed by atoms with Crippen LogP contribution in [0.2, 0.25) is 0 Å². The maximum Gasteiger partial charge on any atom is 0.353 e. The van der Waals surface area contributed by atoms with Crippen LogP contribution in [0.1, 0.15) is 6.42 Å². The van der Waals surface area contributed by atoms with Gasteiger partial charge in [0, 0.05) is 30.4 Å². The molecule has 0 spiro atoms. The average molecular weight is 382 g/mol. The van der Waals surface area contributed by atoms with Crippen molar-refractivity contribution in [3.05, 3.63) is 45.2 Å². The number of halogens is 1. The second-order valence-corrected chi connectivity index (χ2v) is 5.50. The zero-order valence-electron chi connectivity index (χ0n) is 12.5. The highest BCUT2D eigenvalue weighted by molar-refractivity contribution is 9.10. The van der Waals surface area contributed by atoms with E-state index in [4.69, 9.17) is 4.74 Å². The van der Waals surface area contributed by atoms with Crippen molar-refractivity contribution in [2.24, 2.45) is 0 Å². The van der Waals surface area contributed by atoms with Crippen molar-refractivity contribution in [3.8, 4) is 0 Å². The van der Waals surface area contributed by atoms with Gasteiger partial charge in [-0.1, -0.05) is 22.0 Å². The summed E-state index contributed by atoms with van der Waals surface area (Å²) in [6.07, 6.45) is 2.00. The number of nitrogens with zero attached hydrogens (tertiary/aromatic N) is 3. The maximum absolute atomic E-state index is 11.4. The standard InChI is InChI=1S/C14H16BrN5O3/c1-23-7-3-6-16-13-12(20(21)22)14(18-9-17-13)19-11-5-2-4-10(15)8-11/h2,4-5,8-9H,3,6-7H2,1H3,(H2,16,17,18,19). The van der Waals surface area contributed by atoms with E-state index in [1.165, 1.54) is 6.33 Å². The highest BCUT2D eigenvalue weighted by atomic mass is 79.9. The van der Waals surface area contributed by atoms with Gasteiger partial charge in [-0.3, -0.25) is 10.1 Å². The Bertz CT molecular complexity index is 683. The quantitative estimate of drug-likeness (QED) is 0.410. The minimum Gasteiger partial charge on any atom is -0.385 e. The Morgan fingerprint density at radius 3 is 2.83 bits per heavy atom. The summed E-state index contributed by atoms with van der Waals surface area (Å²) in [6.45, 7) is 1.08. The van der Waals surface area contributed by atoms with Gasteiger partial charge in [0.25, 0.3) is 0 Å². The van der Waals surface area contributed by atoms with Gasteiger partial charge in [0.2, 0.25) is 11.6 Å². The zero-order valence-corrected chi connectivity index (χ0v) is 14.0. The normalized spacial score (nSPS) is 10.3. The summed E-state index contributed by atoms with van der Waals surface area (Å²) in [4.78, 5) is 18.8. The molecular formula is C14H16BrN5O3. The molecule has 1 heterocycles. The number of ether oxygens (including phenoxy) is 1. The summed E-state index contributed by atoms with van der Waals surface area (Å²) in [7, 11) is 1.60. The largest absolute Gasteiger partial charge is 0.385 e. The monoisotopic (exact) mass is 381 g/mol. The molecule has 0 aliphatic rings. The molecule has 0 unspecified atom stereocenters. The van der Waals surface area contributed by atoms with Crippen LogP contribution in [0, 0.1) is 10.1 Å². The smallest absolute Gasteiger partial charge is 0.353 e. The fourth-order valence-corrected chi connectivity index (χ4v) is 2.30. The van der Waals surface area contributed by atoms with E-state index in [-0.39, 0.29) is 17.3 Å². The summed E-state index contributed by atoms with van der Waals surface area (Å²) in [5.74, 6) is 0.316. The van der Waals surface area contributed by atoms with E-state index in [9.17, 15) is 10.1 Å². The van der Waals surface area contributed by atoms with Crippen molar-refractivity contribution in [2.45, 2.75) is 6.42 Å². The third-order valence-corrected chi connectivity index (χ3v) is 3.40. The van der Waals surface area contributed by atoms with Gasteiger partial charge < -0.3 is 15.4 Å². The molecule has 1 aromatic carbocycles. The van der Waals surface area contributed by atoms with E-state index < -0.39 is 4.92 Å². The molecule has 0 saturated heterocycles. The Morgan fingerprint density at radius 1 is 1.35 bits per heavy atom. The van der Waals surface area contributed by atoms with E-state index in [1.54, 1.807) is 19.2 Å². The first-order valence-electron chi connectivity index (χ1n) is 6.86. The number of hydrogen-bond donors (Lipinski definition) is 2. The zero-order chi connectivity index (χ0) is 16.7. The van der Waals surface area contributed by atoms with Crippen LogP contribution in [0.3, 0.4) is 0 Å². The molecule has 9 heteroatoms. The molecule has 0 amide bonds. The number of nitrogens with one attached hydrogen (secondary N) is 2. The minimum absolute atomic E-state index is 0.136. The van der Waals surface area contributed by atoms with Crippen molar-refractivity contribution in [2.75, 3.05) is 30.9 Å². The lowest BCUT2D eigenvalue weighted by atomic mass is 10.3. The molecule has 2 aromatic rings. The minimum atomic E-state index is -0.501. The first kappa shape index (κ1) is 17.1. The number of benzene rings is 1. The number of rotatable bonds is 8. The van der Waals surface area contributed by atoms with Gasteiger partial charge >= 0.3 is 5.69 Å². The van der Waals surface area contributed by atoms with Crippen LogP contribution in [-0.4, -0.2) is 35.2 Å². The molecule has 2 rings (SSSR count). The van der Waals surface area contributed by atoms with Gasteiger partial charge in [-0.25, -0.2) is 9.97 Å². The molecule has 0 aliphatic carbocycles. The summed E-state index contributed by atoms with van der Waals surface area (Å²) >= 11 is 3.36. The van der Waals surface area contributed by atoms with E-state index >= 15 is 0 Å². The molecule has 0 atom stereocenters. The Morgan fingerprint density at radius 2 is 2.13 bits per heavy atom. The van der Waals surface area contributed by atoms with E-state index in [0.717, 1.165) is 4.47 Å². The number of aromatic nitrogens is 2. The highest BCUT2D eigenvalue weighted by Gasteiger charge is 2.22. The third kappa shape index (κ3) is 4.86. The Labute approximate surface area is 141 Å². The van der Waals surface area contributed by atoms with E-state index in [1.807, 2.05) is 12.1 Å². The van der Waals surface area contributed by atoms with Crippen LogP contribution in [0.15, 0.2) is 35.1 Å². The fourth-order valence-electron chi connectivity index (χ4n) is 1.90. The summed E-state index contributed by atoms with van der Waals surface area (Å²) in [5, 5.41) is 17.3. The van der Waals surface area contributed by atoms with Crippen LogP contribution < -0.4 is 10.6 Å². The van der Waals surface area contributed by atoms with Crippen LogP contribution in [-0.2, 0) is 4.74 Å². The van der Waals surface area contributed by atoms with Gasteiger partial charge in [-0.2, -0.15) is 0 Å². The molecule has 8 nitrogen and oxygen atoms in total. The molecule has 122 valence electrons. The molecule has 0 bridgehead atoms. The van der Waals surface area contributed by atoms with Gasteiger partial charge in [-0.15, -0.1) is 0 Å². The SMILES string of the molecule is COCCCNc1ncnc(Nc2cccc(Br)c2)c1[N+](=O)[O-]. The maximum atomic E-state index is 11.4. The third-order valence-electron chi connectivity index (χ3n) is 2.91.